The third-order valence-electron chi connectivity index (χ3n) is 4.57. The smallest absolute Gasteiger partial charge is 0.322 e. The third-order valence-corrected chi connectivity index (χ3v) is 4.89. The highest BCUT2D eigenvalue weighted by molar-refractivity contribution is 6.34. The van der Waals surface area contributed by atoms with Crippen molar-refractivity contribution < 1.29 is 33.9 Å². The SMILES string of the molecule is C[C@H](NN(C(=O)c1ccno1)C(=O)c1ccc(C(=O)NCc2cccc(O)c2)cc1Cl)C(=O)O. The van der Waals surface area contributed by atoms with Gasteiger partial charge in [-0.25, -0.2) is 10.4 Å². The Hall–Kier alpha value is -4.22. The Morgan fingerprint density at radius 1 is 1.12 bits per heavy atom. The Kier molecular flexibility index (Phi) is 7.61. The number of aromatic nitrogens is 1. The summed E-state index contributed by atoms with van der Waals surface area (Å²) in [5.74, 6) is -4.00. The molecule has 11 nitrogen and oxygen atoms in total. The number of hydrogen-bond donors (Lipinski definition) is 4. The number of nitrogens with zero attached hydrogens (tertiary/aromatic N) is 2. The zero-order chi connectivity index (χ0) is 24.8. The Balaban J connectivity index is 1.79. The summed E-state index contributed by atoms with van der Waals surface area (Å²) < 4.78 is 4.77. The van der Waals surface area contributed by atoms with E-state index in [0.29, 0.717) is 10.6 Å². The van der Waals surface area contributed by atoms with Crippen LogP contribution in [0.3, 0.4) is 0 Å². The fourth-order valence-electron chi connectivity index (χ4n) is 2.80. The average molecular weight is 487 g/mol. The highest BCUT2D eigenvalue weighted by Gasteiger charge is 2.31. The molecule has 0 aliphatic carbocycles. The third kappa shape index (κ3) is 5.77. The van der Waals surface area contributed by atoms with Crippen molar-refractivity contribution in [2.24, 2.45) is 0 Å². The predicted molar refractivity (Wildman–Crippen MR) is 118 cm³/mol. The fourth-order valence-corrected chi connectivity index (χ4v) is 3.06. The average Bonchev–Trinajstić information content (AvgIpc) is 3.35. The van der Waals surface area contributed by atoms with Crippen molar-refractivity contribution >= 4 is 35.3 Å². The van der Waals surface area contributed by atoms with Gasteiger partial charge in [-0.2, -0.15) is 0 Å². The monoisotopic (exact) mass is 486 g/mol. The van der Waals surface area contributed by atoms with Crippen LogP contribution in [-0.2, 0) is 11.3 Å². The number of halogens is 1. The highest BCUT2D eigenvalue weighted by Crippen LogP contribution is 2.21. The minimum Gasteiger partial charge on any atom is -0.508 e. The molecule has 0 saturated carbocycles. The molecule has 0 fully saturated rings. The summed E-state index contributed by atoms with van der Waals surface area (Å²) in [5, 5.41) is 25.1. The van der Waals surface area contributed by atoms with Crippen molar-refractivity contribution in [3.05, 3.63) is 82.2 Å². The largest absolute Gasteiger partial charge is 0.508 e. The summed E-state index contributed by atoms with van der Waals surface area (Å²) in [4.78, 5) is 49.5. The van der Waals surface area contributed by atoms with E-state index >= 15 is 0 Å². The Morgan fingerprint density at radius 3 is 2.50 bits per heavy atom. The first-order valence-electron chi connectivity index (χ1n) is 9.81. The van der Waals surface area contributed by atoms with E-state index in [2.05, 4.69) is 15.9 Å². The van der Waals surface area contributed by atoms with Crippen LogP contribution in [0.2, 0.25) is 5.02 Å². The van der Waals surface area contributed by atoms with Gasteiger partial charge in [0.2, 0.25) is 5.76 Å². The van der Waals surface area contributed by atoms with Crippen molar-refractivity contribution in [1.29, 1.82) is 0 Å². The number of aliphatic carboxylic acids is 1. The number of carbonyl (C=O) groups is 4. The molecule has 34 heavy (non-hydrogen) atoms. The molecular weight excluding hydrogens is 468 g/mol. The summed E-state index contributed by atoms with van der Waals surface area (Å²) in [7, 11) is 0. The maximum atomic E-state index is 13.1. The van der Waals surface area contributed by atoms with Gasteiger partial charge in [-0.3, -0.25) is 19.2 Å². The van der Waals surface area contributed by atoms with E-state index in [-0.39, 0.29) is 34.2 Å². The Labute approximate surface area is 197 Å². The van der Waals surface area contributed by atoms with Gasteiger partial charge in [0.15, 0.2) is 0 Å². The van der Waals surface area contributed by atoms with E-state index in [0.717, 1.165) is 0 Å². The molecule has 0 bridgehead atoms. The van der Waals surface area contributed by atoms with E-state index in [1.807, 2.05) is 0 Å². The van der Waals surface area contributed by atoms with Crippen LogP contribution >= 0.6 is 11.6 Å². The van der Waals surface area contributed by atoms with E-state index in [1.54, 1.807) is 12.1 Å². The number of carboxylic acid groups (broad SMARTS) is 1. The Morgan fingerprint density at radius 2 is 1.88 bits per heavy atom. The number of phenols is 1. The number of hydrazine groups is 1. The second kappa shape index (κ2) is 10.6. The van der Waals surface area contributed by atoms with Crippen LogP contribution in [0.4, 0.5) is 0 Å². The summed E-state index contributed by atoms with van der Waals surface area (Å²) in [5.41, 5.74) is 2.95. The number of aromatic hydroxyl groups is 1. The molecule has 176 valence electrons. The van der Waals surface area contributed by atoms with Crippen molar-refractivity contribution in [3.63, 3.8) is 0 Å². The normalized spacial score (nSPS) is 11.5. The van der Waals surface area contributed by atoms with Crippen molar-refractivity contribution in [2.45, 2.75) is 19.5 Å². The lowest BCUT2D eigenvalue weighted by molar-refractivity contribution is -0.139. The number of imide groups is 1. The number of rotatable bonds is 8. The van der Waals surface area contributed by atoms with Crippen LogP contribution in [0.5, 0.6) is 5.75 Å². The van der Waals surface area contributed by atoms with Crippen LogP contribution in [-0.4, -0.2) is 50.1 Å². The van der Waals surface area contributed by atoms with Gasteiger partial charge in [0.05, 0.1) is 16.8 Å². The van der Waals surface area contributed by atoms with Gasteiger partial charge in [-0.15, -0.1) is 0 Å². The van der Waals surface area contributed by atoms with E-state index in [4.69, 9.17) is 21.2 Å². The zero-order valence-electron chi connectivity index (χ0n) is 17.7. The molecule has 1 atom stereocenters. The summed E-state index contributed by atoms with van der Waals surface area (Å²) >= 11 is 6.23. The molecule has 0 aliphatic heterocycles. The Bertz CT molecular complexity index is 1230. The minimum atomic E-state index is -1.31. The van der Waals surface area contributed by atoms with E-state index in [1.165, 1.54) is 49.5 Å². The van der Waals surface area contributed by atoms with Gasteiger partial charge in [-0.1, -0.05) is 28.9 Å². The second-order valence-electron chi connectivity index (χ2n) is 7.06. The fraction of sp³-hybridized carbons (Fsp3) is 0.136. The van der Waals surface area contributed by atoms with Crippen molar-refractivity contribution in [3.8, 4) is 5.75 Å². The van der Waals surface area contributed by atoms with Gasteiger partial charge < -0.3 is 20.1 Å². The molecule has 3 aromatic rings. The quantitative estimate of drug-likeness (QED) is 0.276. The molecule has 0 saturated heterocycles. The summed E-state index contributed by atoms with van der Waals surface area (Å²) in [6, 6.07) is 10.1. The van der Waals surface area contributed by atoms with Crippen molar-refractivity contribution in [2.75, 3.05) is 0 Å². The number of carbonyl (C=O) groups excluding carboxylic acids is 3. The molecule has 4 N–H and O–H groups in total. The van der Waals surface area contributed by atoms with Crippen LogP contribution in [0.1, 0.15) is 43.8 Å². The summed E-state index contributed by atoms with van der Waals surface area (Å²) in [6.07, 6.45) is 1.19. The molecule has 1 heterocycles. The molecule has 3 amide bonds. The molecule has 0 aliphatic rings. The molecule has 12 heteroatoms. The number of carboxylic acids is 1. The first kappa shape index (κ1) is 24.4. The number of benzene rings is 2. The van der Waals surface area contributed by atoms with Crippen LogP contribution in [0, 0.1) is 0 Å². The van der Waals surface area contributed by atoms with Crippen molar-refractivity contribution in [1.82, 2.24) is 20.9 Å². The lowest BCUT2D eigenvalue weighted by Gasteiger charge is -2.23. The van der Waals surface area contributed by atoms with Gasteiger partial charge in [-0.05, 0) is 42.8 Å². The summed E-state index contributed by atoms with van der Waals surface area (Å²) in [6.45, 7) is 1.37. The number of amides is 3. The minimum absolute atomic E-state index is 0.0629. The van der Waals surface area contributed by atoms with Gasteiger partial charge in [0.25, 0.3) is 11.8 Å². The number of phenolic OH excluding ortho intramolecular Hbond substituents is 1. The van der Waals surface area contributed by atoms with Gasteiger partial charge in [0, 0.05) is 18.2 Å². The molecule has 0 unspecified atom stereocenters. The lowest BCUT2D eigenvalue weighted by atomic mass is 10.1. The molecule has 2 aromatic carbocycles. The topological polar surface area (TPSA) is 162 Å². The molecule has 0 radical (unpaired) electrons. The maximum absolute atomic E-state index is 13.1. The number of hydrogen-bond acceptors (Lipinski definition) is 8. The first-order valence-corrected chi connectivity index (χ1v) is 10.2. The predicted octanol–water partition coefficient (Wildman–Crippen LogP) is 2.22. The number of nitrogens with one attached hydrogen (secondary N) is 2. The zero-order valence-corrected chi connectivity index (χ0v) is 18.4. The molecule has 1 aromatic heterocycles. The standard InChI is InChI=1S/C22H19ClN4O7/c1-12(22(32)33)26-27(21(31)18-7-8-25-34-18)20(30)16-6-5-14(10-17(16)23)19(29)24-11-13-3-2-4-15(28)9-13/h2-10,12,26,28H,11H2,1H3,(H,24,29)(H,32,33)/t12-/m0/s1. The van der Waals surface area contributed by atoms with E-state index in [9.17, 15) is 24.3 Å². The second-order valence-corrected chi connectivity index (χ2v) is 7.47. The molecular formula is C22H19ClN4O7. The van der Waals surface area contributed by atoms with Gasteiger partial charge >= 0.3 is 11.9 Å². The van der Waals surface area contributed by atoms with Crippen LogP contribution in [0.25, 0.3) is 0 Å². The first-order chi connectivity index (χ1) is 16.2. The van der Waals surface area contributed by atoms with E-state index < -0.39 is 29.7 Å². The molecule has 0 spiro atoms. The van der Waals surface area contributed by atoms with Crippen LogP contribution < -0.4 is 10.7 Å². The van der Waals surface area contributed by atoms with Crippen LogP contribution in [0.15, 0.2) is 59.3 Å². The van der Waals surface area contributed by atoms with Gasteiger partial charge in [0.1, 0.15) is 11.8 Å². The lowest BCUT2D eigenvalue weighted by Crippen LogP contribution is -2.53. The maximum Gasteiger partial charge on any atom is 0.322 e. The highest BCUT2D eigenvalue weighted by atomic mass is 35.5. The molecule has 3 rings (SSSR count).